The average molecular weight is 305 g/mol. The van der Waals surface area contributed by atoms with Crippen LogP contribution in [0.3, 0.4) is 0 Å². The summed E-state index contributed by atoms with van der Waals surface area (Å²) in [7, 11) is 1.86. The van der Waals surface area contributed by atoms with E-state index in [4.69, 9.17) is 5.73 Å². The molecule has 0 aliphatic heterocycles. The number of anilines is 1. The number of para-hydroxylation sites is 1. The van der Waals surface area contributed by atoms with Crippen LogP contribution in [0, 0.1) is 0 Å². The van der Waals surface area contributed by atoms with E-state index in [2.05, 4.69) is 15.5 Å². The maximum absolute atomic E-state index is 12.1. The standard InChI is InChI=1S/C14H19N5OS/c1-19-9-16-18-13(19)10-5-3-4-6-12(10)17-14(20)11(15)7-8-21-2/h3-6,9,11H,7-8,15H2,1-2H3,(H,17,20)/t11-/m1/s1. The lowest BCUT2D eigenvalue weighted by molar-refractivity contribution is -0.117. The molecule has 112 valence electrons. The highest BCUT2D eigenvalue weighted by Crippen LogP contribution is 2.25. The zero-order chi connectivity index (χ0) is 15.2. The van der Waals surface area contributed by atoms with Crippen LogP contribution in [0.25, 0.3) is 11.4 Å². The summed E-state index contributed by atoms with van der Waals surface area (Å²) in [5, 5.41) is 10.8. The Bertz CT molecular complexity index is 613. The van der Waals surface area contributed by atoms with Crippen LogP contribution >= 0.6 is 11.8 Å². The molecule has 0 bridgehead atoms. The van der Waals surface area contributed by atoms with Gasteiger partial charge in [-0.3, -0.25) is 4.79 Å². The van der Waals surface area contributed by atoms with Crippen molar-refractivity contribution in [1.29, 1.82) is 0 Å². The first-order valence-corrected chi connectivity index (χ1v) is 8.01. The van der Waals surface area contributed by atoms with E-state index in [9.17, 15) is 4.79 Å². The first kappa shape index (κ1) is 15.5. The summed E-state index contributed by atoms with van der Waals surface area (Å²) in [6.07, 6.45) is 4.27. The predicted octanol–water partition coefficient (Wildman–Crippen LogP) is 1.50. The molecule has 7 heteroatoms. The Hall–Kier alpha value is -1.86. The number of hydrogen-bond donors (Lipinski definition) is 2. The molecule has 0 spiro atoms. The van der Waals surface area contributed by atoms with Gasteiger partial charge in [0.05, 0.1) is 11.7 Å². The Kier molecular flexibility index (Phi) is 5.35. The van der Waals surface area contributed by atoms with Gasteiger partial charge < -0.3 is 15.6 Å². The van der Waals surface area contributed by atoms with Gasteiger partial charge in [0.1, 0.15) is 6.33 Å². The third-order valence-corrected chi connectivity index (χ3v) is 3.75. The zero-order valence-corrected chi connectivity index (χ0v) is 12.9. The van der Waals surface area contributed by atoms with Crippen molar-refractivity contribution in [3.63, 3.8) is 0 Å². The van der Waals surface area contributed by atoms with Gasteiger partial charge in [0.25, 0.3) is 0 Å². The topological polar surface area (TPSA) is 85.8 Å². The summed E-state index contributed by atoms with van der Waals surface area (Å²) < 4.78 is 1.80. The van der Waals surface area contributed by atoms with Gasteiger partial charge >= 0.3 is 0 Å². The Morgan fingerprint density at radius 1 is 1.48 bits per heavy atom. The molecule has 6 nitrogen and oxygen atoms in total. The number of benzene rings is 1. The minimum atomic E-state index is -0.509. The van der Waals surface area contributed by atoms with E-state index in [1.807, 2.05) is 37.6 Å². The number of aromatic nitrogens is 3. The number of carbonyl (C=O) groups excluding carboxylic acids is 1. The van der Waals surface area contributed by atoms with Crippen molar-refractivity contribution in [3.05, 3.63) is 30.6 Å². The lowest BCUT2D eigenvalue weighted by atomic mass is 10.1. The molecule has 0 saturated heterocycles. The SMILES string of the molecule is CSCC[C@@H](N)C(=O)Nc1ccccc1-c1nncn1C. The molecule has 1 heterocycles. The van der Waals surface area contributed by atoms with Crippen LogP contribution in [0.2, 0.25) is 0 Å². The lowest BCUT2D eigenvalue weighted by Crippen LogP contribution is -2.36. The quantitative estimate of drug-likeness (QED) is 0.844. The fourth-order valence-electron chi connectivity index (χ4n) is 1.92. The van der Waals surface area contributed by atoms with Crippen molar-refractivity contribution in [1.82, 2.24) is 14.8 Å². The molecule has 21 heavy (non-hydrogen) atoms. The lowest BCUT2D eigenvalue weighted by Gasteiger charge is -2.14. The summed E-state index contributed by atoms with van der Waals surface area (Å²) >= 11 is 1.68. The number of carbonyl (C=O) groups is 1. The van der Waals surface area contributed by atoms with Crippen molar-refractivity contribution in [2.45, 2.75) is 12.5 Å². The maximum Gasteiger partial charge on any atom is 0.241 e. The van der Waals surface area contributed by atoms with Crippen molar-refractivity contribution < 1.29 is 4.79 Å². The van der Waals surface area contributed by atoms with E-state index in [0.29, 0.717) is 17.9 Å². The normalized spacial score (nSPS) is 12.1. The number of rotatable bonds is 6. The summed E-state index contributed by atoms with van der Waals surface area (Å²) in [5.41, 5.74) is 7.41. The van der Waals surface area contributed by atoms with E-state index in [1.54, 1.807) is 22.7 Å². The van der Waals surface area contributed by atoms with Gasteiger partial charge in [0.2, 0.25) is 5.91 Å². The summed E-state index contributed by atoms with van der Waals surface area (Å²) in [6, 6.07) is 6.98. The number of hydrogen-bond acceptors (Lipinski definition) is 5. The molecule has 2 rings (SSSR count). The average Bonchev–Trinajstić information content (AvgIpc) is 2.91. The molecule has 1 atom stereocenters. The molecule has 0 fully saturated rings. The molecule has 1 amide bonds. The van der Waals surface area contributed by atoms with Crippen molar-refractivity contribution in [2.75, 3.05) is 17.3 Å². The molecule has 0 unspecified atom stereocenters. The van der Waals surface area contributed by atoms with Crippen LogP contribution in [0.4, 0.5) is 5.69 Å². The Balaban J connectivity index is 2.18. The molecular formula is C14H19N5OS. The van der Waals surface area contributed by atoms with E-state index in [0.717, 1.165) is 11.3 Å². The minimum Gasteiger partial charge on any atom is -0.324 e. The molecule has 0 radical (unpaired) electrons. The second-order valence-electron chi connectivity index (χ2n) is 4.69. The number of nitrogens with zero attached hydrogens (tertiary/aromatic N) is 3. The molecule has 1 aromatic heterocycles. The smallest absolute Gasteiger partial charge is 0.241 e. The van der Waals surface area contributed by atoms with Gasteiger partial charge in [0.15, 0.2) is 5.82 Å². The van der Waals surface area contributed by atoms with Crippen molar-refractivity contribution >= 4 is 23.4 Å². The highest BCUT2D eigenvalue weighted by molar-refractivity contribution is 7.98. The molecule has 3 N–H and O–H groups in total. The van der Waals surface area contributed by atoms with Crippen LogP contribution in [-0.4, -0.2) is 38.7 Å². The van der Waals surface area contributed by atoms with Gasteiger partial charge in [-0.2, -0.15) is 11.8 Å². The molecule has 2 aromatic rings. The summed E-state index contributed by atoms with van der Waals surface area (Å²) in [4.78, 5) is 12.1. The monoisotopic (exact) mass is 305 g/mol. The summed E-state index contributed by atoms with van der Waals surface area (Å²) in [5.74, 6) is 1.38. The van der Waals surface area contributed by atoms with Crippen LogP contribution in [0.1, 0.15) is 6.42 Å². The zero-order valence-electron chi connectivity index (χ0n) is 12.1. The number of aryl methyl sites for hydroxylation is 1. The highest BCUT2D eigenvalue weighted by atomic mass is 32.2. The van der Waals surface area contributed by atoms with Crippen molar-refractivity contribution in [3.8, 4) is 11.4 Å². The first-order chi connectivity index (χ1) is 10.1. The second kappa shape index (κ2) is 7.24. The van der Waals surface area contributed by atoms with E-state index < -0.39 is 6.04 Å². The predicted molar refractivity (Wildman–Crippen MR) is 86.0 cm³/mol. The minimum absolute atomic E-state index is 0.182. The van der Waals surface area contributed by atoms with E-state index >= 15 is 0 Å². The van der Waals surface area contributed by atoms with Crippen LogP contribution in [0.5, 0.6) is 0 Å². The van der Waals surface area contributed by atoms with Gasteiger partial charge in [-0.25, -0.2) is 0 Å². The Morgan fingerprint density at radius 2 is 2.24 bits per heavy atom. The number of nitrogens with one attached hydrogen (secondary N) is 1. The molecule has 0 aliphatic carbocycles. The van der Waals surface area contributed by atoms with Gasteiger partial charge in [0, 0.05) is 12.6 Å². The fraction of sp³-hybridized carbons (Fsp3) is 0.357. The van der Waals surface area contributed by atoms with E-state index in [-0.39, 0.29) is 5.91 Å². The number of amides is 1. The molecule has 1 aromatic carbocycles. The van der Waals surface area contributed by atoms with Gasteiger partial charge in [-0.15, -0.1) is 10.2 Å². The largest absolute Gasteiger partial charge is 0.324 e. The first-order valence-electron chi connectivity index (χ1n) is 6.62. The van der Waals surface area contributed by atoms with Gasteiger partial charge in [-0.1, -0.05) is 12.1 Å². The van der Waals surface area contributed by atoms with Crippen LogP contribution in [0.15, 0.2) is 30.6 Å². The van der Waals surface area contributed by atoms with Crippen LogP contribution in [-0.2, 0) is 11.8 Å². The third-order valence-electron chi connectivity index (χ3n) is 3.11. The maximum atomic E-state index is 12.1. The highest BCUT2D eigenvalue weighted by Gasteiger charge is 2.16. The molecule has 0 saturated carbocycles. The Morgan fingerprint density at radius 3 is 2.90 bits per heavy atom. The van der Waals surface area contributed by atoms with Crippen molar-refractivity contribution in [2.24, 2.45) is 12.8 Å². The summed E-state index contributed by atoms with van der Waals surface area (Å²) in [6.45, 7) is 0. The fourth-order valence-corrected chi connectivity index (χ4v) is 2.41. The number of thioether (sulfide) groups is 1. The number of nitrogens with two attached hydrogens (primary N) is 1. The molecule has 0 aliphatic rings. The third kappa shape index (κ3) is 3.83. The Labute approximate surface area is 128 Å². The van der Waals surface area contributed by atoms with E-state index in [1.165, 1.54) is 0 Å². The second-order valence-corrected chi connectivity index (χ2v) is 5.67. The molecular weight excluding hydrogens is 286 g/mol. The van der Waals surface area contributed by atoms with Crippen LogP contribution < -0.4 is 11.1 Å². The van der Waals surface area contributed by atoms with Gasteiger partial charge in [-0.05, 0) is 30.6 Å².